The zero-order chi connectivity index (χ0) is 14.2. The summed E-state index contributed by atoms with van der Waals surface area (Å²) in [4.78, 5) is 14.2. The van der Waals surface area contributed by atoms with Gasteiger partial charge in [-0.25, -0.2) is 0 Å². The fraction of sp³-hybridized carbons (Fsp3) is 0.471. The van der Waals surface area contributed by atoms with E-state index in [4.69, 9.17) is 4.74 Å². The van der Waals surface area contributed by atoms with E-state index in [-0.39, 0.29) is 12.0 Å². The lowest BCUT2D eigenvalue weighted by molar-refractivity contribution is -0.127. The summed E-state index contributed by atoms with van der Waals surface area (Å²) in [5.74, 6) is 0.0752. The molecule has 1 fully saturated rings. The minimum atomic E-state index is 0.0752. The molecule has 1 aliphatic heterocycles. The molecular weight excluding hydrogens is 250 g/mol. The van der Waals surface area contributed by atoms with Crippen LogP contribution in [0.3, 0.4) is 0 Å². The van der Waals surface area contributed by atoms with Crippen molar-refractivity contribution < 1.29 is 9.53 Å². The van der Waals surface area contributed by atoms with Crippen molar-refractivity contribution in [2.75, 3.05) is 19.7 Å². The second-order valence-corrected chi connectivity index (χ2v) is 5.16. The van der Waals surface area contributed by atoms with Crippen molar-refractivity contribution in [2.45, 2.75) is 32.3 Å². The molecule has 0 bridgehead atoms. The molecule has 1 unspecified atom stereocenters. The number of ether oxygens (including phenoxy) is 1. The summed E-state index contributed by atoms with van der Waals surface area (Å²) in [6, 6.07) is 9.91. The Morgan fingerprint density at radius 1 is 1.40 bits per heavy atom. The number of nitrogens with zero attached hydrogens (tertiary/aromatic N) is 1. The standard InChI is InChI=1S/C17H23NO2/c1-2-12-18(14-16-9-6-13-20-16)17(19)11-10-15-7-4-3-5-8-15/h3-5,7-8,10-11,16H,2,6,9,12-14H2,1H3. The molecule has 1 aromatic carbocycles. The molecule has 3 heteroatoms. The van der Waals surface area contributed by atoms with Gasteiger partial charge < -0.3 is 9.64 Å². The van der Waals surface area contributed by atoms with Crippen LogP contribution in [0.15, 0.2) is 36.4 Å². The van der Waals surface area contributed by atoms with Gasteiger partial charge in [-0.2, -0.15) is 0 Å². The monoisotopic (exact) mass is 273 g/mol. The van der Waals surface area contributed by atoms with Crippen LogP contribution >= 0.6 is 0 Å². The fourth-order valence-corrected chi connectivity index (χ4v) is 2.43. The summed E-state index contributed by atoms with van der Waals surface area (Å²) in [5.41, 5.74) is 1.05. The first-order valence-corrected chi connectivity index (χ1v) is 7.43. The molecule has 1 amide bonds. The Bertz CT molecular complexity index is 436. The van der Waals surface area contributed by atoms with Crippen molar-refractivity contribution >= 4 is 12.0 Å². The molecule has 0 aromatic heterocycles. The lowest BCUT2D eigenvalue weighted by Crippen LogP contribution is -2.36. The highest BCUT2D eigenvalue weighted by atomic mass is 16.5. The maximum Gasteiger partial charge on any atom is 0.246 e. The van der Waals surface area contributed by atoms with E-state index in [1.165, 1.54) is 0 Å². The van der Waals surface area contributed by atoms with E-state index >= 15 is 0 Å². The summed E-state index contributed by atoms with van der Waals surface area (Å²) < 4.78 is 5.62. The number of amides is 1. The van der Waals surface area contributed by atoms with E-state index in [1.54, 1.807) is 6.08 Å². The highest BCUT2D eigenvalue weighted by Gasteiger charge is 2.20. The first-order valence-electron chi connectivity index (χ1n) is 7.43. The molecule has 0 spiro atoms. The molecule has 1 heterocycles. The van der Waals surface area contributed by atoms with Gasteiger partial charge in [0.15, 0.2) is 0 Å². The van der Waals surface area contributed by atoms with Gasteiger partial charge in [0.05, 0.1) is 6.10 Å². The maximum absolute atomic E-state index is 12.3. The van der Waals surface area contributed by atoms with Crippen molar-refractivity contribution in [1.82, 2.24) is 4.90 Å². The Balaban J connectivity index is 1.93. The molecule has 2 rings (SSSR count). The number of rotatable bonds is 6. The molecule has 0 aliphatic carbocycles. The van der Waals surface area contributed by atoms with Crippen LogP contribution < -0.4 is 0 Å². The van der Waals surface area contributed by atoms with Crippen LogP contribution in [0.25, 0.3) is 6.08 Å². The van der Waals surface area contributed by atoms with Crippen molar-refractivity contribution in [3.05, 3.63) is 42.0 Å². The normalized spacial score (nSPS) is 18.6. The second kappa shape index (κ2) is 7.85. The molecule has 20 heavy (non-hydrogen) atoms. The lowest BCUT2D eigenvalue weighted by atomic mass is 10.2. The van der Waals surface area contributed by atoms with Gasteiger partial charge in [-0.15, -0.1) is 0 Å². The van der Waals surface area contributed by atoms with Crippen molar-refractivity contribution in [1.29, 1.82) is 0 Å². The predicted molar refractivity (Wildman–Crippen MR) is 81.3 cm³/mol. The molecule has 1 atom stereocenters. The third-order valence-electron chi connectivity index (χ3n) is 3.47. The number of carbonyl (C=O) groups is 1. The Hall–Kier alpha value is -1.61. The first-order chi connectivity index (χ1) is 9.79. The molecular formula is C17H23NO2. The number of carbonyl (C=O) groups excluding carboxylic acids is 1. The summed E-state index contributed by atoms with van der Waals surface area (Å²) in [5, 5.41) is 0. The summed E-state index contributed by atoms with van der Waals surface area (Å²) in [6.07, 6.45) is 6.91. The average molecular weight is 273 g/mol. The SMILES string of the molecule is CCCN(CC1CCCO1)C(=O)C=Cc1ccccc1. The van der Waals surface area contributed by atoms with Crippen LogP contribution in [-0.4, -0.2) is 36.6 Å². The topological polar surface area (TPSA) is 29.5 Å². The molecule has 3 nitrogen and oxygen atoms in total. The van der Waals surface area contributed by atoms with Gasteiger partial charge in [0, 0.05) is 25.8 Å². The second-order valence-electron chi connectivity index (χ2n) is 5.16. The van der Waals surface area contributed by atoms with Gasteiger partial charge >= 0.3 is 0 Å². The highest BCUT2D eigenvalue weighted by Crippen LogP contribution is 2.14. The van der Waals surface area contributed by atoms with Crippen LogP contribution in [0.4, 0.5) is 0 Å². The van der Waals surface area contributed by atoms with Gasteiger partial charge in [0.1, 0.15) is 0 Å². The highest BCUT2D eigenvalue weighted by molar-refractivity contribution is 5.91. The van der Waals surface area contributed by atoms with E-state index in [1.807, 2.05) is 41.3 Å². The van der Waals surface area contributed by atoms with Gasteiger partial charge in [-0.05, 0) is 30.9 Å². The van der Waals surface area contributed by atoms with E-state index in [2.05, 4.69) is 6.92 Å². The minimum absolute atomic E-state index is 0.0752. The Morgan fingerprint density at radius 2 is 2.20 bits per heavy atom. The molecule has 108 valence electrons. The lowest BCUT2D eigenvalue weighted by Gasteiger charge is -2.23. The Labute approximate surface area is 121 Å². The number of hydrogen-bond donors (Lipinski definition) is 0. The Morgan fingerprint density at radius 3 is 2.85 bits per heavy atom. The summed E-state index contributed by atoms with van der Waals surface area (Å²) in [7, 11) is 0. The van der Waals surface area contributed by atoms with Gasteiger partial charge in [-0.3, -0.25) is 4.79 Å². The van der Waals surface area contributed by atoms with Crippen molar-refractivity contribution in [2.24, 2.45) is 0 Å². The van der Waals surface area contributed by atoms with Crippen LogP contribution in [0.5, 0.6) is 0 Å². The van der Waals surface area contributed by atoms with Crippen LogP contribution in [0.1, 0.15) is 31.7 Å². The van der Waals surface area contributed by atoms with Crippen LogP contribution in [0, 0.1) is 0 Å². The zero-order valence-electron chi connectivity index (χ0n) is 12.1. The maximum atomic E-state index is 12.3. The number of hydrogen-bond acceptors (Lipinski definition) is 2. The molecule has 0 N–H and O–H groups in total. The molecule has 1 saturated heterocycles. The van der Waals surface area contributed by atoms with Gasteiger partial charge in [0.2, 0.25) is 5.91 Å². The largest absolute Gasteiger partial charge is 0.376 e. The third kappa shape index (κ3) is 4.49. The van der Waals surface area contributed by atoms with Crippen molar-refractivity contribution in [3.8, 4) is 0 Å². The van der Waals surface area contributed by atoms with Crippen LogP contribution in [0.2, 0.25) is 0 Å². The van der Waals surface area contributed by atoms with E-state index in [0.29, 0.717) is 6.54 Å². The molecule has 0 saturated carbocycles. The predicted octanol–water partition coefficient (Wildman–Crippen LogP) is 3.12. The van der Waals surface area contributed by atoms with Gasteiger partial charge in [0.25, 0.3) is 0 Å². The Kier molecular flexibility index (Phi) is 5.81. The first kappa shape index (κ1) is 14.8. The zero-order valence-corrected chi connectivity index (χ0v) is 12.1. The third-order valence-corrected chi connectivity index (χ3v) is 3.47. The van der Waals surface area contributed by atoms with Gasteiger partial charge in [-0.1, -0.05) is 37.3 Å². The summed E-state index contributed by atoms with van der Waals surface area (Å²) >= 11 is 0. The van der Waals surface area contributed by atoms with E-state index in [9.17, 15) is 4.79 Å². The molecule has 1 aromatic rings. The quantitative estimate of drug-likeness (QED) is 0.745. The van der Waals surface area contributed by atoms with Crippen LogP contribution in [-0.2, 0) is 9.53 Å². The van der Waals surface area contributed by atoms with Crippen molar-refractivity contribution in [3.63, 3.8) is 0 Å². The molecule has 1 aliphatic rings. The van der Waals surface area contributed by atoms with E-state index < -0.39 is 0 Å². The fourth-order valence-electron chi connectivity index (χ4n) is 2.43. The average Bonchev–Trinajstić information content (AvgIpc) is 2.98. The molecule has 0 radical (unpaired) electrons. The van der Waals surface area contributed by atoms with E-state index in [0.717, 1.165) is 38.0 Å². The minimum Gasteiger partial charge on any atom is -0.376 e. The summed E-state index contributed by atoms with van der Waals surface area (Å²) in [6.45, 7) is 4.43. The smallest absolute Gasteiger partial charge is 0.246 e. The number of benzene rings is 1.